The van der Waals surface area contributed by atoms with Gasteiger partial charge in [0, 0.05) is 32.2 Å². The molecule has 0 amide bonds. The molecule has 1 aromatic carbocycles. The van der Waals surface area contributed by atoms with Crippen molar-refractivity contribution in [2.45, 2.75) is 29.7 Å². The van der Waals surface area contributed by atoms with Crippen LogP contribution in [0, 0.1) is 0 Å². The van der Waals surface area contributed by atoms with Crippen LogP contribution in [-0.2, 0) is 20.6 Å². The molecule has 106 valence electrons. The molecule has 0 aromatic heterocycles. The van der Waals surface area contributed by atoms with Crippen molar-refractivity contribution in [3.05, 3.63) is 29.8 Å². The normalized spacial score (nSPS) is 17.8. The van der Waals surface area contributed by atoms with Gasteiger partial charge in [-0.2, -0.15) is 4.31 Å². The van der Waals surface area contributed by atoms with E-state index in [2.05, 4.69) is 0 Å². The quantitative estimate of drug-likeness (QED) is 0.801. The lowest BCUT2D eigenvalue weighted by Gasteiger charge is -2.30. The molecule has 6 heteroatoms. The van der Waals surface area contributed by atoms with Crippen LogP contribution >= 0.6 is 11.6 Å². The van der Waals surface area contributed by atoms with E-state index in [0.29, 0.717) is 24.0 Å². The summed E-state index contributed by atoms with van der Waals surface area (Å²) >= 11 is 5.70. The number of hydrogen-bond donors (Lipinski definition) is 0. The lowest BCUT2D eigenvalue weighted by molar-refractivity contribution is 0.0632. The monoisotopic (exact) mass is 303 g/mol. The van der Waals surface area contributed by atoms with Gasteiger partial charge in [-0.15, -0.1) is 11.6 Å². The Hall–Kier alpha value is -0.620. The summed E-state index contributed by atoms with van der Waals surface area (Å²) in [5.41, 5.74) is 0.911. The maximum atomic E-state index is 12.5. The number of ether oxygens (including phenoxy) is 1. The van der Waals surface area contributed by atoms with Crippen LogP contribution in [0.5, 0.6) is 0 Å². The first-order chi connectivity index (χ1) is 9.05. The summed E-state index contributed by atoms with van der Waals surface area (Å²) in [4.78, 5) is 0.315. The predicted molar refractivity (Wildman–Crippen MR) is 74.8 cm³/mol. The molecule has 0 unspecified atom stereocenters. The molecule has 2 rings (SSSR count). The molecule has 0 radical (unpaired) electrons. The lowest BCUT2D eigenvalue weighted by Crippen LogP contribution is -2.40. The molecule has 19 heavy (non-hydrogen) atoms. The van der Waals surface area contributed by atoms with Gasteiger partial charge in [-0.1, -0.05) is 12.1 Å². The van der Waals surface area contributed by atoms with Crippen LogP contribution < -0.4 is 0 Å². The Labute approximate surface area is 119 Å². The van der Waals surface area contributed by atoms with Gasteiger partial charge in [0.2, 0.25) is 10.0 Å². The molecule has 1 aromatic rings. The van der Waals surface area contributed by atoms with Gasteiger partial charge in [0.15, 0.2) is 0 Å². The molecule has 0 atom stereocenters. The zero-order valence-corrected chi connectivity index (χ0v) is 12.5. The minimum absolute atomic E-state index is 0.0199. The highest BCUT2D eigenvalue weighted by molar-refractivity contribution is 7.89. The molecular weight excluding hydrogens is 286 g/mol. The van der Waals surface area contributed by atoms with Crippen LogP contribution in [0.4, 0.5) is 0 Å². The fourth-order valence-corrected chi connectivity index (χ4v) is 3.76. The minimum Gasteiger partial charge on any atom is -0.381 e. The Kier molecular flexibility index (Phi) is 4.84. The topological polar surface area (TPSA) is 46.6 Å². The minimum atomic E-state index is -3.43. The van der Waals surface area contributed by atoms with Gasteiger partial charge in [0.05, 0.1) is 4.90 Å². The van der Waals surface area contributed by atoms with Crippen molar-refractivity contribution in [2.24, 2.45) is 0 Å². The Bertz CT molecular complexity index is 509. The second kappa shape index (κ2) is 6.22. The van der Waals surface area contributed by atoms with E-state index in [0.717, 1.165) is 18.4 Å². The summed E-state index contributed by atoms with van der Waals surface area (Å²) in [5.74, 6) is 0.385. The van der Waals surface area contributed by atoms with Crippen LogP contribution in [0.2, 0.25) is 0 Å². The van der Waals surface area contributed by atoms with E-state index in [-0.39, 0.29) is 6.04 Å². The van der Waals surface area contributed by atoms with Crippen molar-refractivity contribution >= 4 is 21.6 Å². The smallest absolute Gasteiger partial charge is 0.243 e. The standard InChI is InChI=1S/C13H18ClNO3S/c1-15(12-6-8-18-9-7-12)19(16,17)13-4-2-11(10-14)3-5-13/h2-5,12H,6-10H2,1H3. The third-order valence-corrected chi connectivity index (χ3v) is 5.69. The van der Waals surface area contributed by atoms with Crippen molar-refractivity contribution in [1.82, 2.24) is 4.31 Å². The molecular formula is C13H18ClNO3S. The van der Waals surface area contributed by atoms with E-state index in [4.69, 9.17) is 16.3 Å². The van der Waals surface area contributed by atoms with Gasteiger partial charge in [0.1, 0.15) is 0 Å². The van der Waals surface area contributed by atoms with Crippen molar-refractivity contribution < 1.29 is 13.2 Å². The highest BCUT2D eigenvalue weighted by atomic mass is 35.5. The molecule has 1 heterocycles. The van der Waals surface area contributed by atoms with Gasteiger partial charge in [0.25, 0.3) is 0 Å². The summed E-state index contributed by atoms with van der Waals surface area (Å²) in [6, 6.07) is 6.74. The van der Waals surface area contributed by atoms with Gasteiger partial charge in [-0.05, 0) is 30.5 Å². The lowest BCUT2D eigenvalue weighted by atomic mass is 10.1. The highest BCUT2D eigenvalue weighted by Gasteiger charge is 2.29. The van der Waals surface area contributed by atoms with Crippen molar-refractivity contribution in [3.8, 4) is 0 Å². The van der Waals surface area contributed by atoms with Gasteiger partial charge < -0.3 is 4.74 Å². The molecule has 4 nitrogen and oxygen atoms in total. The number of sulfonamides is 1. The fraction of sp³-hybridized carbons (Fsp3) is 0.538. The Morgan fingerprint density at radius 2 is 1.84 bits per heavy atom. The third kappa shape index (κ3) is 3.28. The maximum Gasteiger partial charge on any atom is 0.243 e. The summed E-state index contributed by atoms with van der Waals surface area (Å²) in [5, 5.41) is 0. The van der Waals surface area contributed by atoms with Gasteiger partial charge in [-0.25, -0.2) is 8.42 Å². The molecule has 0 N–H and O–H groups in total. The van der Waals surface area contributed by atoms with Crippen LogP contribution in [-0.4, -0.2) is 39.0 Å². The third-order valence-electron chi connectivity index (χ3n) is 3.46. The van der Waals surface area contributed by atoms with Crippen molar-refractivity contribution in [2.75, 3.05) is 20.3 Å². The van der Waals surface area contributed by atoms with Crippen molar-refractivity contribution in [1.29, 1.82) is 0 Å². The average molecular weight is 304 g/mol. The van der Waals surface area contributed by atoms with E-state index >= 15 is 0 Å². The van der Waals surface area contributed by atoms with E-state index in [1.54, 1.807) is 31.3 Å². The van der Waals surface area contributed by atoms with Crippen molar-refractivity contribution in [3.63, 3.8) is 0 Å². The van der Waals surface area contributed by atoms with Crippen LogP contribution in [0.15, 0.2) is 29.2 Å². The second-order valence-corrected chi connectivity index (χ2v) is 6.91. The number of halogens is 1. The van der Waals surface area contributed by atoms with E-state index in [9.17, 15) is 8.42 Å². The van der Waals surface area contributed by atoms with Crippen LogP contribution in [0.3, 0.4) is 0 Å². The molecule has 0 bridgehead atoms. The molecule has 0 saturated carbocycles. The summed E-state index contributed by atoms with van der Waals surface area (Å²) in [6.45, 7) is 1.24. The zero-order valence-electron chi connectivity index (χ0n) is 10.9. The molecule has 0 aliphatic carbocycles. The molecule has 1 aliphatic heterocycles. The first-order valence-electron chi connectivity index (χ1n) is 6.26. The van der Waals surface area contributed by atoms with Crippen LogP contribution in [0.1, 0.15) is 18.4 Å². The van der Waals surface area contributed by atoms with Crippen LogP contribution in [0.25, 0.3) is 0 Å². The summed E-state index contributed by atoms with van der Waals surface area (Å²) in [6.07, 6.45) is 1.49. The first-order valence-corrected chi connectivity index (χ1v) is 8.24. The van der Waals surface area contributed by atoms with E-state index in [1.165, 1.54) is 4.31 Å². The molecule has 1 aliphatic rings. The SMILES string of the molecule is CN(C1CCOCC1)S(=O)(=O)c1ccc(CCl)cc1. The second-order valence-electron chi connectivity index (χ2n) is 4.64. The van der Waals surface area contributed by atoms with E-state index < -0.39 is 10.0 Å². The number of nitrogens with zero attached hydrogens (tertiary/aromatic N) is 1. The highest BCUT2D eigenvalue weighted by Crippen LogP contribution is 2.22. The maximum absolute atomic E-state index is 12.5. The Balaban J connectivity index is 2.19. The Morgan fingerprint density at radius 1 is 1.26 bits per heavy atom. The number of hydrogen-bond acceptors (Lipinski definition) is 3. The number of alkyl halides is 1. The summed E-state index contributed by atoms with van der Waals surface area (Å²) < 4.78 is 31.7. The number of rotatable bonds is 4. The van der Waals surface area contributed by atoms with Gasteiger partial charge >= 0.3 is 0 Å². The number of benzene rings is 1. The largest absolute Gasteiger partial charge is 0.381 e. The van der Waals surface area contributed by atoms with Gasteiger partial charge in [-0.3, -0.25) is 0 Å². The predicted octanol–water partition coefficient (Wildman–Crippen LogP) is 2.22. The molecule has 0 spiro atoms. The molecule has 1 saturated heterocycles. The van der Waals surface area contributed by atoms with E-state index in [1.807, 2.05) is 0 Å². The average Bonchev–Trinajstić information content (AvgIpc) is 2.47. The Morgan fingerprint density at radius 3 is 2.37 bits per heavy atom. The summed E-state index contributed by atoms with van der Waals surface area (Å²) in [7, 11) is -1.79. The first kappa shape index (κ1) is 14.8. The molecule has 1 fully saturated rings. The zero-order chi connectivity index (χ0) is 13.9. The fourth-order valence-electron chi connectivity index (χ4n) is 2.16.